The summed E-state index contributed by atoms with van der Waals surface area (Å²) in [5, 5.41) is 7.84. The summed E-state index contributed by atoms with van der Waals surface area (Å²) < 4.78 is 0. The van der Waals surface area contributed by atoms with Crippen LogP contribution < -0.4 is 0 Å². The molecule has 0 fully saturated rings. The summed E-state index contributed by atoms with van der Waals surface area (Å²) >= 11 is 0. The van der Waals surface area contributed by atoms with E-state index in [4.69, 9.17) is 9.97 Å². The number of benzene rings is 9. The molecular formula is C53H32N2. The van der Waals surface area contributed by atoms with Gasteiger partial charge < -0.3 is 0 Å². The van der Waals surface area contributed by atoms with E-state index in [1.165, 1.54) is 76.8 Å². The predicted molar refractivity (Wildman–Crippen MR) is 228 cm³/mol. The fraction of sp³-hybridized carbons (Fsp3) is 0.0189. The fourth-order valence-electron chi connectivity index (χ4n) is 9.71. The largest absolute Gasteiger partial charge is 0.228 e. The van der Waals surface area contributed by atoms with Crippen molar-refractivity contribution in [2.75, 3.05) is 0 Å². The molecule has 2 nitrogen and oxygen atoms in total. The van der Waals surface area contributed by atoms with Crippen LogP contribution in [0.1, 0.15) is 33.4 Å². The Bertz CT molecular complexity index is 3120. The lowest BCUT2D eigenvalue weighted by Gasteiger charge is -2.36. The molecule has 0 radical (unpaired) electrons. The average Bonchev–Trinajstić information content (AvgIpc) is 3.46. The van der Waals surface area contributed by atoms with Crippen LogP contribution in [0.25, 0.3) is 89.5 Å². The first kappa shape index (κ1) is 30.3. The lowest BCUT2D eigenvalue weighted by molar-refractivity contribution is 0.768. The highest BCUT2D eigenvalue weighted by molar-refractivity contribution is 6.26. The average molecular weight is 697 g/mol. The van der Waals surface area contributed by atoms with Crippen LogP contribution in [-0.2, 0) is 5.41 Å². The number of nitrogens with zero attached hydrogens (tertiary/aromatic N) is 2. The monoisotopic (exact) mass is 696 g/mol. The van der Waals surface area contributed by atoms with Gasteiger partial charge in [-0.3, -0.25) is 0 Å². The SMILES string of the molecule is C1=Cc2ccc(-c3cc(-c4ccccc4)nc(-c4ccccc4)n3)cc2C2(c3ccccc31)c1ccccc1-c1c2cc2ccc3cccc4ccc1c2c34. The van der Waals surface area contributed by atoms with Crippen LogP contribution in [-0.4, -0.2) is 9.97 Å². The zero-order valence-electron chi connectivity index (χ0n) is 29.9. The molecule has 0 aliphatic heterocycles. The summed E-state index contributed by atoms with van der Waals surface area (Å²) in [6, 6.07) is 66.5. The van der Waals surface area contributed by atoms with Gasteiger partial charge in [-0.25, -0.2) is 9.97 Å². The summed E-state index contributed by atoms with van der Waals surface area (Å²) in [7, 11) is 0. The van der Waals surface area contributed by atoms with Gasteiger partial charge in [-0.2, -0.15) is 0 Å². The predicted octanol–water partition coefficient (Wildman–Crippen LogP) is 13.2. The number of hydrogen-bond donors (Lipinski definition) is 0. The maximum absolute atomic E-state index is 5.29. The van der Waals surface area contributed by atoms with Crippen molar-refractivity contribution in [2.45, 2.75) is 5.41 Å². The Hall–Kier alpha value is -7.16. The van der Waals surface area contributed by atoms with Gasteiger partial charge in [0.2, 0.25) is 0 Å². The van der Waals surface area contributed by atoms with Gasteiger partial charge in [-0.15, -0.1) is 0 Å². The van der Waals surface area contributed by atoms with Gasteiger partial charge in [-0.05, 0) is 95.0 Å². The molecular weight excluding hydrogens is 665 g/mol. The van der Waals surface area contributed by atoms with Crippen molar-refractivity contribution in [1.29, 1.82) is 0 Å². The summed E-state index contributed by atoms with van der Waals surface area (Å²) in [5.74, 6) is 0.715. The normalized spacial score (nSPS) is 15.3. The maximum atomic E-state index is 5.29. The first-order valence-corrected chi connectivity index (χ1v) is 19.0. The van der Waals surface area contributed by atoms with E-state index in [2.05, 4.69) is 170 Å². The molecule has 2 aliphatic carbocycles. The van der Waals surface area contributed by atoms with Crippen LogP contribution in [0.4, 0.5) is 0 Å². The third-order valence-corrected chi connectivity index (χ3v) is 12.0. The molecule has 1 heterocycles. The number of fused-ring (bicyclic) bond motifs is 10. The lowest BCUT2D eigenvalue weighted by Crippen LogP contribution is -2.30. The third-order valence-electron chi connectivity index (χ3n) is 12.0. The summed E-state index contributed by atoms with van der Waals surface area (Å²) in [4.78, 5) is 10.4. The zero-order valence-corrected chi connectivity index (χ0v) is 29.9. The van der Waals surface area contributed by atoms with Crippen LogP contribution in [0.15, 0.2) is 182 Å². The Kier molecular flexibility index (Phi) is 6.29. The molecule has 10 aromatic rings. The highest BCUT2D eigenvalue weighted by atomic mass is 14.9. The van der Waals surface area contributed by atoms with Crippen LogP contribution in [0, 0.1) is 0 Å². The molecule has 1 atom stereocenters. The minimum absolute atomic E-state index is 0.584. The van der Waals surface area contributed by atoms with Gasteiger partial charge in [0.25, 0.3) is 0 Å². The topological polar surface area (TPSA) is 25.8 Å². The Morgan fingerprint density at radius 3 is 1.80 bits per heavy atom. The molecule has 2 heteroatoms. The van der Waals surface area contributed by atoms with Gasteiger partial charge >= 0.3 is 0 Å². The molecule has 0 amide bonds. The van der Waals surface area contributed by atoms with E-state index in [0.717, 1.165) is 28.1 Å². The van der Waals surface area contributed by atoms with Crippen molar-refractivity contribution in [1.82, 2.24) is 9.97 Å². The van der Waals surface area contributed by atoms with Gasteiger partial charge in [0, 0.05) is 16.7 Å². The molecule has 1 unspecified atom stereocenters. The molecule has 254 valence electrons. The third kappa shape index (κ3) is 4.25. The van der Waals surface area contributed by atoms with Crippen molar-refractivity contribution in [3.8, 4) is 45.0 Å². The van der Waals surface area contributed by atoms with Gasteiger partial charge in [-0.1, -0.05) is 176 Å². The summed E-state index contributed by atoms with van der Waals surface area (Å²) in [5.41, 5.74) is 14.6. The Morgan fingerprint density at radius 2 is 1.00 bits per heavy atom. The van der Waals surface area contributed by atoms with Crippen molar-refractivity contribution in [2.24, 2.45) is 0 Å². The standard InChI is InChI=1S/C53H32N2/c1-3-13-35(14-4-1)47-32-48(55-52(54-47)38-15-5-2-6-16-38)39-26-24-34-23-22-33-12-7-9-20-43(33)53(45(34)30-39)44-21-10-8-19-41(44)51-42-29-28-37-18-11-17-36-25-27-40(31-46(51)53)50(42)49(36)37/h1-32H. The Morgan fingerprint density at radius 1 is 0.364 bits per heavy atom. The van der Waals surface area contributed by atoms with Crippen LogP contribution in [0.2, 0.25) is 0 Å². The molecule has 12 rings (SSSR count). The van der Waals surface area contributed by atoms with E-state index in [9.17, 15) is 0 Å². The van der Waals surface area contributed by atoms with Crippen molar-refractivity contribution >= 4 is 44.5 Å². The molecule has 55 heavy (non-hydrogen) atoms. The molecule has 0 saturated carbocycles. The van der Waals surface area contributed by atoms with E-state index in [1.807, 2.05) is 24.3 Å². The quantitative estimate of drug-likeness (QED) is 0.172. The number of aromatic nitrogens is 2. The van der Waals surface area contributed by atoms with E-state index in [-0.39, 0.29) is 0 Å². The highest BCUT2D eigenvalue weighted by Crippen LogP contribution is 2.61. The number of hydrogen-bond acceptors (Lipinski definition) is 2. The molecule has 2 aliphatic rings. The van der Waals surface area contributed by atoms with Crippen LogP contribution >= 0.6 is 0 Å². The van der Waals surface area contributed by atoms with Crippen molar-refractivity contribution < 1.29 is 0 Å². The molecule has 0 bridgehead atoms. The second kappa shape index (κ2) is 11.4. The van der Waals surface area contributed by atoms with Crippen LogP contribution in [0.5, 0.6) is 0 Å². The Labute approximate surface area is 319 Å². The Balaban J connectivity index is 1.19. The minimum Gasteiger partial charge on any atom is -0.228 e. The van der Waals surface area contributed by atoms with Crippen LogP contribution in [0.3, 0.4) is 0 Å². The molecule has 1 spiro atoms. The molecule has 1 aromatic heterocycles. The maximum Gasteiger partial charge on any atom is 0.160 e. The van der Waals surface area contributed by atoms with Gasteiger partial charge in [0.15, 0.2) is 5.82 Å². The molecule has 0 N–H and O–H groups in total. The lowest BCUT2D eigenvalue weighted by atomic mass is 9.65. The van der Waals surface area contributed by atoms with Crippen molar-refractivity contribution in [3.63, 3.8) is 0 Å². The van der Waals surface area contributed by atoms with E-state index in [1.54, 1.807) is 0 Å². The first-order chi connectivity index (χ1) is 27.3. The number of rotatable bonds is 3. The minimum atomic E-state index is -0.584. The second-order valence-corrected chi connectivity index (χ2v) is 14.9. The fourth-order valence-corrected chi connectivity index (χ4v) is 9.71. The van der Waals surface area contributed by atoms with Crippen molar-refractivity contribution in [3.05, 3.63) is 215 Å². The molecule has 0 saturated heterocycles. The highest BCUT2D eigenvalue weighted by Gasteiger charge is 2.49. The zero-order chi connectivity index (χ0) is 36.1. The van der Waals surface area contributed by atoms with E-state index >= 15 is 0 Å². The summed E-state index contributed by atoms with van der Waals surface area (Å²) in [6.07, 6.45) is 4.61. The van der Waals surface area contributed by atoms with E-state index in [0.29, 0.717) is 5.82 Å². The summed E-state index contributed by atoms with van der Waals surface area (Å²) in [6.45, 7) is 0. The van der Waals surface area contributed by atoms with Gasteiger partial charge in [0.05, 0.1) is 16.8 Å². The second-order valence-electron chi connectivity index (χ2n) is 14.9. The van der Waals surface area contributed by atoms with Gasteiger partial charge in [0.1, 0.15) is 0 Å². The smallest absolute Gasteiger partial charge is 0.160 e. The molecule has 9 aromatic carbocycles. The first-order valence-electron chi connectivity index (χ1n) is 19.0. The van der Waals surface area contributed by atoms with E-state index < -0.39 is 5.41 Å².